The maximum absolute atomic E-state index is 15.0. The summed E-state index contributed by atoms with van der Waals surface area (Å²) < 4.78 is 24.7. The van der Waals surface area contributed by atoms with Gasteiger partial charge in [-0.2, -0.15) is 10.5 Å². The minimum atomic E-state index is -2.17. The summed E-state index contributed by atoms with van der Waals surface area (Å²) >= 11 is 0. The number of nitriles is 2. The van der Waals surface area contributed by atoms with Crippen LogP contribution in [0, 0.1) is 46.7 Å². The number of hydrogen-bond donors (Lipinski definition) is 1. The van der Waals surface area contributed by atoms with Crippen molar-refractivity contribution in [1.82, 2.24) is 0 Å². The number of nitrogens with zero attached hydrogens (tertiary/aromatic N) is 2. The number of carbonyl (C=O) groups is 2. The second kappa shape index (κ2) is 9.13. The van der Waals surface area contributed by atoms with E-state index in [1.807, 2.05) is 19.1 Å². The van der Waals surface area contributed by atoms with E-state index in [4.69, 9.17) is 9.47 Å². The van der Waals surface area contributed by atoms with E-state index in [9.17, 15) is 25.2 Å². The Morgan fingerprint density at radius 2 is 1.64 bits per heavy atom. The second-order valence-corrected chi connectivity index (χ2v) is 7.73. The predicted octanol–water partition coefficient (Wildman–Crippen LogP) is 3.82. The number of rotatable bonds is 4. The van der Waals surface area contributed by atoms with Gasteiger partial charge in [0.05, 0.1) is 37.8 Å². The molecule has 8 heteroatoms. The molecule has 0 saturated heterocycles. The molecule has 2 aromatic rings. The molecule has 1 N–H and O–H groups in total. The molecule has 0 aromatic heterocycles. The molecule has 3 rings (SSSR count). The SMILES string of the molecule is COC(=O)C1=C(O)[C@@H](C(=O)OC)[C@H](c2ccccc2F)C(C#N)(C#N)[C@@H]1c1ccc(C)cc1. The third-order valence-electron chi connectivity index (χ3n) is 6.02. The number of aliphatic hydroxyl groups is 1. The highest BCUT2D eigenvalue weighted by molar-refractivity contribution is 5.94. The normalized spacial score (nSPS) is 21.5. The van der Waals surface area contributed by atoms with Gasteiger partial charge in [-0.3, -0.25) is 4.79 Å². The van der Waals surface area contributed by atoms with Crippen LogP contribution in [0.5, 0.6) is 0 Å². The number of benzene rings is 2. The number of ether oxygens (including phenoxy) is 2. The lowest BCUT2D eigenvalue weighted by molar-refractivity contribution is -0.147. The van der Waals surface area contributed by atoms with E-state index in [2.05, 4.69) is 0 Å². The maximum Gasteiger partial charge on any atom is 0.337 e. The molecule has 1 aliphatic rings. The van der Waals surface area contributed by atoms with Crippen molar-refractivity contribution in [3.63, 3.8) is 0 Å². The monoisotopic (exact) mass is 448 g/mol. The van der Waals surface area contributed by atoms with Crippen LogP contribution >= 0.6 is 0 Å². The molecule has 33 heavy (non-hydrogen) atoms. The smallest absolute Gasteiger partial charge is 0.337 e. The van der Waals surface area contributed by atoms with Gasteiger partial charge in [-0.05, 0) is 24.1 Å². The molecule has 0 heterocycles. The lowest BCUT2D eigenvalue weighted by Crippen LogP contribution is -2.47. The first kappa shape index (κ1) is 23.5. The highest BCUT2D eigenvalue weighted by Gasteiger charge is 2.62. The number of aliphatic hydroxyl groups excluding tert-OH is 1. The summed E-state index contributed by atoms with van der Waals surface area (Å²) in [6, 6.07) is 15.9. The van der Waals surface area contributed by atoms with Crippen LogP contribution in [0.15, 0.2) is 59.9 Å². The van der Waals surface area contributed by atoms with E-state index >= 15 is 4.39 Å². The van der Waals surface area contributed by atoms with Crippen molar-refractivity contribution in [3.05, 3.63) is 82.4 Å². The maximum atomic E-state index is 15.0. The molecular formula is C25H21FN2O5. The Kier molecular flexibility index (Phi) is 6.50. The van der Waals surface area contributed by atoms with Crippen molar-refractivity contribution in [3.8, 4) is 12.1 Å². The average Bonchev–Trinajstić information content (AvgIpc) is 2.83. The van der Waals surface area contributed by atoms with E-state index in [-0.39, 0.29) is 5.56 Å². The zero-order chi connectivity index (χ0) is 24.3. The molecule has 0 spiro atoms. The summed E-state index contributed by atoms with van der Waals surface area (Å²) in [6.45, 7) is 1.83. The van der Waals surface area contributed by atoms with Crippen LogP contribution in [0.25, 0.3) is 0 Å². The second-order valence-electron chi connectivity index (χ2n) is 7.73. The summed E-state index contributed by atoms with van der Waals surface area (Å²) in [5, 5.41) is 32.0. The van der Waals surface area contributed by atoms with Crippen molar-refractivity contribution in [2.24, 2.45) is 11.3 Å². The van der Waals surface area contributed by atoms with E-state index in [0.717, 1.165) is 25.8 Å². The topological polar surface area (TPSA) is 120 Å². The van der Waals surface area contributed by atoms with Gasteiger partial charge in [0, 0.05) is 5.92 Å². The fraction of sp³-hybridized carbons (Fsp3) is 0.280. The van der Waals surface area contributed by atoms with E-state index in [1.54, 1.807) is 24.3 Å². The zero-order valence-electron chi connectivity index (χ0n) is 18.2. The van der Waals surface area contributed by atoms with E-state index in [1.165, 1.54) is 18.2 Å². The molecule has 0 unspecified atom stereocenters. The fourth-order valence-electron chi connectivity index (χ4n) is 4.48. The molecule has 1 aliphatic carbocycles. The van der Waals surface area contributed by atoms with Crippen molar-refractivity contribution < 1.29 is 28.6 Å². The van der Waals surface area contributed by atoms with Crippen LogP contribution in [0.3, 0.4) is 0 Å². The van der Waals surface area contributed by atoms with Crippen LogP contribution in [0.1, 0.15) is 28.5 Å². The van der Waals surface area contributed by atoms with Gasteiger partial charge in [0.1, 0.15) is 17.5 Å². The molecule has 0 amide bonds. The molecule has 168 valence electrons. The number of carbonyl (C=O) groups excluding carboxylic acids is 2. The molecule has 0 bridgehead atoms. The summed E-state index contributed by atoms with van der Waals surface area (Å²) in [4.78, 5) is 25.7. The molecule has 0 fully saturated rings. The summed E-state index contributed by atoms with van der Waals surface area (Å²) in [7, 11) is 2.13. The zero-order valence-corrected chi connectivity index (χ0v) is 18.2. The molecule has 3 atom stereocenters. The van der Waals surface area contributed by atoms with Gasteiger partial charge in [0.15, 0.2) is 5.41 Å². The minimum absolute atomic E-state index is 0.136. The average molecular weight is 448 g/mol. The number of aryl methyl sites for hydroxylation is 1. The lowest BCUT2D eigenvalue weighted by atomic mass is 9.54. The van der Waals surface area contributed by atoms with E-state index < -0.39 is 52.3 Å². The first-order chi connectivity index (χ1) is 15.8. The van der Waals surface area contributed by atoms with Gasteiger partial charge >= 0.3 is 11.9 Å². The Morgan fingerprint density at radius 3 is 2.15 bits per heavy atom. The quantitative estimate of drug-likeness (QED) is 0.706. The summed E-state index contributed by atoms with van der Waals surface area (Å²) in [5.74, 6) is -8.07. The number of esters is 2. The summed E-state index contributed by atoms with van der Waals surface area (Å²) in [6.07, 6.45) is 0. The first-order valence-corrected chi connectivity index (χ1v) is 10.00. The molecule has 0 saturated carbocycles. The van der Waals surface area contributed by atoms with Crippen LogP contribution in [0.2, 0.25) is 0 Å². The number of hydrogen-bond acceptors (Lipinski definition) is 7. The third kappa shape index (κ3) is 3.70. The van der Waals surface area contributed by atoms with Crippen LogP contribution in [0.4, 0.5) is 4.39 Å². The summed E-state index contributed by atoms with van der Waals surface area (Å²) in [5.41, 5.74) is -1.51. The van der Waals surface area contributed by atoms with Gasteiger partial charge in [-0.15, -0.1) is 0 Å². The lowest BCUT2D eigenvalue weighted by Gasteiger charge is -2.44. The Bertz CT molecular complexity index is 1190. The molecule has 0 radical (unpaired) electrons. The van der Waals surface area contributed by atoms with Gasteiger partial charge in [-0.25, -0.2) is 9.18 Å². The first-order valence-electron chi connectivity index (χ1n) is 10.00. The largest absolute Gasteiger partial charge is 0.511 e. The Hall–Kier alpha value is -4.17. The highest BCUT2D eigenvalue weighted by Crippen LogP contribution is 2.59. The number of halogens is 1. The van der Waals surface area contributed by atoms with Crippen molar-refractivity contribution in [2.45, 2.75) is 18.8 Å². The Labute approximate surface area is 190 Å². The van der Waals surface area contributed by atoms with E-state index in [0.29, 0.717) is 5.56 Å². The van der Waals surface area contributed by atoms with Crippen molar-refractivity contribution in [1.29, 1.82) is 10.5 Å². The van der Waals surface area contributed by atoms with Crippen molar-refractivity contribution in [2.75, 3.05) is 14.2 Å². The predicted molar refractivity (Wildman–Crippen MR) is 114 cm³/mol. The van der Waals surface area contributed by atoms with Gasteiger partial charge in [0.2, 0.25) is 0 Å². The Morgan fingerprint density at radius 1 is 1.03 bits per heavy atom. The molecule has 2 aromatic carbocycles. The Balaban J connectivity index is 2.51. The third-order valence-corrected chi connectivity index (χ3v) is 6.02. The minimum Gasteiger partial charge on any atom is -0.511 e. The van der Waals surface area contributed by atoms with Crippen LogP contribution in [-0.2, 0) is 19.1 Å². The molecular weight excluding hydrogens is 427 g/mol. The number of methoxy groups -OCH3 is 2. The highest BCUT2D eigenvalue weighted by atomic mass is 19.1. The van der Waals surface area contributed by atoms with Crippen LogP contribution in [-0.4, -0.2) is 31.3 Å². The van der Waals surface area contributed by atoms with Crippen LogP contribution < -0.4 is 0 Å². The van der Waals surface area contributed by atoms with Crippen molar-refractivity contribution >= 4 is 11.9 Å². The molecule has 7 nitrogen and oxygen atoms in total. The molecule has 0 aliphatic heterocycles. The van der Waals surface area contributed by atoms with Gasteiger partial charge in [-0.1, -0.05) is 48.0 Å². The van der Waals surface area contributed by atoms with Gasteiger partial charge < -0.3 is 14.6 Å². The fourth-order valence-corrected chi connectivity index (χ4v) is 4.48. The van der Waals surface area contributed by atoms with Gasteiger partial charge in [0.25, 0.3) is 0 Å². The standard InChI is InChI=1S/C25H21FN2O5/c1-14-8-10-15(11-9-14)20-18(23(30)32-2)22(29)19(24(31)33-3)21(25(20,12-27)13-28)16-6-4-5-7-17(16)26/h4-11,19-21,29H,1-3H3/t19-,20+,21-/m0/s1.